The van der Waals surface area contributed by atoms with E-state index in [9.17, 15) is 13.2 Å². The summed E-state index contributed by atoms with van der Waals surface area (Å²) < 4.78 is 23.3. The quantitative estimate of drug-likeness (QED) is 0.547. The maximum absolute atomic E-state index is 11.8. The number of rotatable bonds is 7. The minimum absolute atomic E-state index is 0.0395. The summed E-state index contributed by atoms with van der Waals surface area (Å²) in [5.41, 5.74) is 0. The van der Waals surface area contributed by atoms with Crippen LogP contribution in [0, 0.1) is 0 Å². The number of hydrogen-bond donors (Lipinski definition) is 2. The van der Waals surface area contributed by atoms with Crippen molar-refractivity contribution in [1.82, 2.24) is 15.5 Å². The summed E-state index contributed by atoms with van der Waals surface area (Å²) in [6.45, 7) is 4.20. The monoisotopic (exact) mass is 348 g/mol. The lowest BCUT2D eigenvalue weighted by atomic mass is 10.3. The molecule has 0 spiro atoms. The van der Waals surface area contributed by atoms with E-state index in [1.807, 2.05) is 0 Å². The van der Waals surface area contributed by atoms with Crippen LogP contribution >= 0.6 is 23.1 Å². The van der Waals surface area contributed by atoms with Gasteiger partial charge in [-0.1, -0.05) is 29.2 Å². The fraction of sp³-hybridized carbons (Fsp3) is 0.545. The molecule has 0 bridgehead atoms. The van der Waals surface area contributed by atoms with Crippen molar-refractivity contribution in [3.8, 4) is 0 Å². The lowest BCUT2D eigenvalue weighted by Gasteiger charge is -2.09. The minimum Gasteiger partial charge on any atom is -0.357 e. The van der Waals surface area contributed by atoms with Crippen LogP contribution in [0.4, 0.5) is 5.13 Å². The van der Waals surface area contributed by atoms with Crippen LogP contribution < -0.4 is 10.6 Å². The molecule has 1 aromatic rings. The van der Waals surface area contributed by atoms with E-state index in [0.717, 1.165) is 0 Å². The summed E-state index contributed by atoms with van der Waals surface area (Å²) in [5, 5.41) is 14.3. The molecule has 0 radical (unpaired) electrons. The predicted octanol–water partition coefficient (Wildman–Crippen LogP) is 0.531. The molecule has 0 aromatic carbocycles. The van der Waals surface area contributed by atoms with Gasteiger partial charge in [-0.15, -0.1) is 16.8 Å². The first-order valence-corrected chi connectivity index (χ1v) is 9.92. The summed E-state index contributed by atoms with van der Waals surface area (Å²) >= 11 is 2.65. The average molecular weight is 348 g/mol. The van der Waals surface area contributed by atoms with Crippen molar-refractivity contribution in [3.05, 3.63) is 12.7 Å². The zero-order chi connectivity index (χ0) is 15.3. The highest BCUT2D eigenvalue weighted by atomic mass is 32.2. The van der Waals surface area contributed by atoms with Crippen molar-refractivity contribution in [1.29, 1.82) is 0 Å². The van der Waals surface area contributed by atoms with Crippen LogP contribution in [0.25, 0.3) is 0 Å². The Morgan fingerprint density at radius 2 is 2.33 bits per heavy atom. The maximum Gasteiger partial charge on any atom is 0.230 e. The number of nitrogens with one attached hydrogen (secondary N) is 2. The topological polar surface area (TPSA) is 101 Å². The molecule has 1 aliphatic rings. The zero-order valence-electron chi connectivity index (χ0n) is 11.2. The van der Waals surface area contributed by atoms with Gasteiger partial charge in [0.1, 0.15) is 0 Å². The third kappa shape index (κ3) is 5.29. The summed E-state index contributed by atoms with van der Waals surface area (Å²) in [6, 6.07) is -0.262. The molecule has 10 heteroatoms. The number of carbonyl (C=O) groups excluding carboxylic acids is 1. The fourth-order valence-corrected chi connectivity index (χ4v) is 5.05. The average Bonchev–Trinajstić information content (AvgIpc) is 3.00. The van der Waals surface area contributed by atoms with E-state index in [-0.39, 0.29) is 29.2 Å². The van der Waals surface area contributed by atoms with Crippen LogP contribution in [0.2, 0.25) is 0 Å². The lowest BCUT2D eigenvalue weighted by Crippen LogP contribution is -2.36. The molecule has 1 aliphatic heterocycles. The number of hydrogen-bond acceptors (Lipinski definition) is 8. The van der Waals surface area contributed by atoms with E-state index >= 15 is 0 Å². The van der Waals surface area contributed by atoms with E-state index in [1.165, 1.54) is 23.1 Å². The molecule has 2 N–H and O–H groups in total. The maximum atomic E-state index is 11.8. The molecule has 0 saturated carbocycles. The van der Waals surface area contributed by atoms with Crippen LogP contribution in [0.1, 0.15) is 6.42 Å². The van der Waals surface area contributed by atoms with Crippen LogP contribution in [-0.4, -0.2) is 54.4 Å². The normalized spacial score (nSPS) is 20.1. The van der Waals surface area contributed by atoms with Gasteiger partial charge in [0.2, 0.25) is 11.0 Å². The first-order valence-electron chi connectivity index (χ1n) is 6.29. The molecule has 1 amide bonds. The highest BCUT2D eigenvalue weighted by molar-refractivity contribution is 8.01. The molecule has 116 valence electrons. The Balaban J connectivity index is 1.74. The first-order chi connectivity index (χ1) is 9.98. The van der Waals surface area contributed by atoms with E-state index < -0.39 is 9.84 Å². The molecule has 1 aromatic heterocycles. The number of sulfone groups is 1. The van der Waals surface area contributed by atoms with E-state index in [4.69, 9.17) is 0 Å². The van der Waals surface area contributed by atoms with Gasteiger partial charge in [0.15, 0.2) is 14.2 Å². The van der Waals surface area contributed by atoms with Gasteiger partial charge in [-0.25, -0.2) is 8.42 Å². The molecule has 7 nitrogen and oxygen atoms in total. The van der Waals surface area contributed by atoms with Crippen molar-refractivity contribution in [3.63, 3.8) is 0 Å². The second kappa shape index (κ2) is 7.23. The third-order valence-corrected chi connectivity index (χ3v) is 6.51. The molecular weight excluding hydrogens is 332 g/mol. The largest absolute Gasteiger partial charge is 0.357 e. The number of anilines is 1. The first kappa shape index (κ1) is 16.2. The van der Waals surface area contributed by atoms with Gasteiger partial charge in [-0.2, -0.15) is 0 Å². The van der Waals surface area contributed by atoms with Crippen LogP contribution in [0.5, 0.6) is 0 Å². The standard InChI is InChI=1S/C11H16N4O3S3/c1-2-4-12-10-14-15-11(20-10)19-6-9(16)13-8-3-5-21(17,18)7-8/h2,8H,1,3-7H2,(H,12,14)(H,13,16)/t8-/m1/s1. The fourth-order valence-electron chi connectivity index (χ4n) is 1.80. The number of aromatic nitrogens is 2. The van der Waals surface area contributed by atoms with Crippen molar-refractivity contribution in [2.24, 2.45) is 0 Å². The molecule has 21 heavy (non-hydrogen) atoms. The zero-order valence-corrected chi connectivity index (χ0v) is 13.7. The summed E-state index contributed by atoms with van der Waals surface area (Å²) in [4.78, 5) is 11.8. The highest BCUT2D eigenvalue weighted by Crippen LogP contribution is 2.25. The Hall–Kier alpha value is -1.13. The van der Waals surface area contributed by atoms with Gasteiger partial charge in [0.25, 0.3) is 0 Å². The Bertz CT molecular complexity index is 614. The Morgan fingerprint density at radius 1 is 1.52 bits per heavy atom. The SMILES string of the molecule is C=CCNc1nnc(SCC(=O)N[C@@H]2CCS(=O)(=O)C2)s1. The van der Waals surface area contributed by atoms with Gasteiger partial charge in [0.05, 0.1) is 17.3 Å². The second-order valence-electron chi connectivity index (χ2n) is 4.50. The predicted molar refractivity (Wildman–Crippen MR) is 84.5 cm³/mol. The van der Waals surface area contributed by atoms with Crippen molar-refractivity contribution < 1.29 is 13.2 Å². The van der Waals surface area contributed by atoms with Crippen LogP contribution in [0.15, 0.2) is 17.0 Å². The molecule has 1 atom stereocenters. The molecule has 2 rings (SSSR count). The Morgan fingerprint density at radius 3 is 3.00 bits per heavy atom. The summed E-state index contributed by atoms with van der Waals surface area (Å²) in [7, 11) is -2.97. The molecule has 0 unspecified atom stereocenters. The van der Waals surface area contributed by atoms with Crippen molar-refractivity contribution in [2.45, 2.75) is 16.8 Å². The van der Waals surface area contributed by atoms with Crippen LogP contribution in [0.3, 0.4) is 0 Å². The smallest absolute Gasteiger partial charge is 0.230 e. The molecule has 1 fully saturated rings. The van der Waals surface area contributed by atoms with E-state index in [2.05, 4.69) is 27.4 Å². The van der Waals surface area contributed by atoms with Crippen molar-refractivity contribution >= 4 is 44.0 Å². The molecule has 1 saturated heterocycles. The van der Waals surface area contributed by atoms with Gasteiger partial charge in [-0.3, -0.25) is 4.79 Å². The van der Waals surface area contributed by atoms with Gasteiger partial charge >= 0.3 is 0 Å². The van der Waals surface area contributed by atoms with E-state index in [0.29, 0.717) is 22.4 Å². The van der Waals surface area contributed by atoms with Crippen LogP contribution in [-0.2, 0) is 14.6 Å². The molecular formula is C11H16N4O3S3. The van der Waals surface area contributed by atoms with Gasteiger partial charge in [-0.05, 0) is 6.42 Å². The van der Waals surface area contributed by atoms with E-state index in [1.54, 1.807) is 6.08 Å². The minimum atomic E-state index is -2.97. The third-order valence-electron chi connectivity index (χ3n) is 2.73. The number of nitrogens with zero attached hydrogens (tertiary/aromatic N) is 2. The summed E-state index contributed by atoms with van der Waals surface area (Å²) in [5.74, 6) is 0.211. The molecule has 0 aliphatic carbocycles. The Labute approximate surface area is 131 Å². The number of thioether (sulfide) groups is 1. The van der Waals surface area contributed by atoms with Gasteiger partial charge in [0, 0.05) is 12.6 Å². The Kier molecular flexibility index (Phi) is 5.59. The number of carbonyl (C=O) groups is 1. The van der Waals surface area contributed by atoms with Gasteiger partial charge < -0.3 is 10.6 Å². The lowest BCUT2D eigenvalue weighted by molar-refractivity contribution is -0.119. The highest BCUT2D eigenvalue weighted by Gasteiger charge is 2.28. The second-order valence-corrected chi connectivity index (χ2v) is 8.93. The van der Waals surface area contributed by atoms with Crippen molar-refractivity contribution in [2.75, 3.05) is 29.1 Å². The summed E-state index contributed by atoms with van der Waals surface area (Å²) in [6.07, 6.45) is 2.21. The molecule has 2 heterocycles. The number of amides is 1.